The van der Waals surface area contributed by atoms with Crippen LogP contribution in [0.4, 0.5) is 23.2 Å². The lowest BCUT2D eigenvalue weighted by molar-refractivity contribution is -0.137. The quantitative estimate of drug-likeness (QED) is 0.437. The lowest BCUT2D eigenvalue weighted by Crippen LogP contribution is -2.37. The zero-order valence-corrected chi connectivity index (χ0v) is 18.4. The van der Waals surface area contributed by atoms with Crippen LogP contribution in [0.15, 0.2) is 60.8 Å². The fourth-order valence-electron chi connectivity index (χ4n) is 3.27. The second kappa shape index (κ2) is 10.3. The summed E-state index contributed by atoms with van der Waals surface area (Å²) in [5.74, 6) is -1.17. The summed E-state index contributed by atoms with van der Waals surface area (Å²) >= 11 is 6.19. The highest BCUT2D eigenvalue weighted by atomic mass is 35.5. The summed E-state index contributed by atoms with van der Waals surface area (Å²) in [7, 11) is 0. The monoisotopic (exact) mass is 480 g/mol. The number of carbonyl (C=O) groups excluding carboxylic acids is 1. The van der Waals surface area contributed by atoms with E-state index in [9.17, 15) is 27.5 Å². The van der Waals surface area contributed by atoms with E-state index in [1.807, 2.05) is 6.92 Å². The van der Waals surface area contributed by atoms with Gasteiger partial charge >= 0.3 is 6.18 Å². The van der Waals surface area contributed by atoms with Gasteiger partial charge in [0.2, 0.25) is 0 Å². The molecule has 1 amide bonds. The van der Waals surface area contributed by atoms with Crippen LogP contribution in [0.25, 0.3) is 0 Å². The van der Waals surface area contributed by atoms with E-state index in [0.717, 1.165) is 30.0 Å². The van der Waals surface area contributed by atoms with E-state index >= 15 is 0 Å². The predicted molar refractivity (Wildman–Crippen MR) is 117 cm³/mol. The third-order valence-electron chi connectivity index (χ3n) is 5.15. The van der Waals surface area contributed by atoms with Crippen LogP contribution in [0.3, 0.4) is 0 Å². The summed E-state index contributed by atoms with van der Waals surface area (Å²) in [4.78, 5) is 18.4. The molecule has 1 N–H and O–H groups in total. The van der Waals surface area contributed by atoms with Crippen LogP contribution in [0.2, 0.25) is 5.02 Å². The van der Waals surface area contributed by atoms with Crippen molar-refractivity contribution in [3.63, 3.8) is 0 Å². The Kier molecular flexibility index (Phi) is 7.71. The fourth-order valence-corrected chi connectivity index (χ4v) is 3.52. The Labute approximate surface area is 193 Å². The van der Waals surface area contributed by atoms with Crippen molar-refractivity contribution >= 4 is 23.2 Å². The van der Waals surface area contributed by atoms with Crippen molar-refractivity contribution in [2.45, 2.75) is 32.0 Å². The first-order chi connectivity index (χ1) is 15.6. The molecule has 0 aliphatic carbocycles. The molecule has 0 unspecified atom stereocenters. The van der Waals surface area contributed by atoms with Crippen molar-refractivity contribution in [1.29, 1.82) is 0 Å². The van der Waals surface area contributed by atoms with Gasteiger partial charge in [0, 0.05) is 35.6 Å². The number of rotatable bonds is 7. The van der Waals surface area contributed by atoms with Crippen LogP contribution < -0.4 is 4.90 Å². The second-order valence-corrected chi connectivity index (χ2v) is 7.77. The highest BCUT2D eigenvalue weighted by molar-refractivity contribution is 6.31. The molecule has 0 bridgehead atoms. The first-order valence-corrected chi connectivity index (χ1v) is 10.5. The van der Waals surface area contributed by atoms with Crippen molar-refractivity contribution < 1.29 is 27.5 Å². The molecule has 3 aromatic rings. The molecular weight excluding hydrogens is 460 g/mol. The minimum Gasteiger partial charge on any atom is -0.378 e. The van der Waals surface area contributed by atoms with Gasteiger partial charge in [-0.15, -0.1) is 0 Å². The molecule has 0 saturated heterocycles. The summed E-state index contributed by atoms with van der Waals surface area (Å²) in [6.45, 7) is 1.94. The first kappa shape index (κ1) is 24.7. The molecule has 174 valence electrons. The van der Waals surface area contributed by atoms with Crippen molar-refractivity contribution in [2.24, 2.45) is 0 Å². The largest absolute Gasteiger partial charge is 0.417 e. The van der Waals surface area contributed by atoms with Gasteiger partial charge in [0.1, 0.15) is 5.82 Å². The molecule has 0 spiro atoms. The van der Waals surface area contributed by atoms with Crippen LogP contribution in [-0.4, -0.2) is 22.5 Å². The summed E-state index contributed by atoms with van der Waals surface area (Å²) in [5, 5.41) is 11.2. The van der Waals surface area contributed by atoms with E-state index in [1.54, 1.807) is 18.2 Å². The number of aliphatic hydroxyl groups is 1. The molecule has 3 rings (SSSR count). The SMILES string of the molecule is CCc1cc(N(CCc2ccc(C(F)(F)F)cn2)C(=O)[C@@H](O)c2ccc(F)cc2)ccc1Cl. The Morgan fingerprint density at radius 1 is 1.12 bits per heavy atom. The predicted octanol–water partition coefficient (Wildman–Crippen LogP) is 5.76. The molecule has 0 saturated carbocycles. The molecule has 0 fully saturated rings. The van der Waals surface area contributed by atoms with Crippen molar-refractivity contribution in [3.05, 3.63) is 94.0 Å². The fraction of sp³-hybridized carbons (Fsp3) is 0.250. The number of hydrogen-bond donors (Lipinski definition) is 1. The number of amides is 1. The third kappa shape index (κ3) is 6.09. The van der Waals surface area contributed by atoms with Gasteiger partial charge in [0.25, 0.3) is 5.91 Å². The Bertz CT molecular complexity index is 1100. The number of nitrogens with zero attached hydrogens (tertiary/aromatic N) is 2. The van der Waals surface area contributed by atoms with Crippen LogP contribution in [0.5, 0.6) is 0 Å². The lowest BCUT2D eigenvalue weighted by atomic mass is 10.1. The van der Waals surface area contributed by atoms with Gasteiger partial charge in [-0.25, -0.2) is 4.39 Å². The minimum absolute atomic E-state index is 0.0419. The number of alkyl halides is 3. The Balaban J connectivity index is 1.88. The van der Waals surface area contributed by atoms with Gasteiger partial charge in [-0.3, -0.25) is 9.78 Å². The van der Waals surface area contributed by atoms with Crippen molar-refractivity contribution in [2.75, 3.05) is 11.4 Å². The summed E-state index contributed by atoms with van der Waals surface area (Å²) in [6.07, 6.45) is -4.56. The Morgan fingerprint density at radius 2 is 1.82 bits per heavy atom. The maximum absolute atomic E-state index is 13.2. The first-order valence-electron chi connectivity index (χ1n) is 10.2. The van der Waals surface area contributed by atoms with Crippen LogP contribution in [-0.2, 0) is 23.8 Å². The number of anilines is 1. The molecule has 9 heteroatoms. The Hall–Kier alpha value is -2.97. The maximum Gasteiger partial charge on any atom is 0.417 e. The molecule has 33 heavy (non-hydrogen) atoms. The maximum atomic E-state index is 13.2. The van der Waals surface area contributed by atoms with Crippen molar-refractivity contribution in [1.82, 2.24) is 4.98 Å². The van der Waals surface area contributed by atoms with Gasteiger partial charge < -0.3 is 10.0 Å². The van der Waals surface area contributed by atoms with Crippen LogP contribution in [0.1, 0.15) is 35.4 Å². The average molecular weight is 481 g/mol. The number of carbonyl (C=O) groups is 1. The summed E-state index contributed by atoms with van der Waals surface area (Å²) in [5.41, 5.74) is 0.951. The van der Waals surface area contributed by atoms with E-state index in [0.29, 0.717) is 22.8 Å². The number of pyridine rings is 1. The number of hydrogen-bond acceptors (Lipinski definition) is 3. The summed E-state index contributed by atoms with van der Waals surface area (Å²) < 4.78 is 51.6. The molecule has 1 atom stereocenters. The topological polar surface area (TPSA) is 53.4 Å². The third-order valence-corrected chi connectivity index (χ3v) is 5.52. The number of aliphatic hydroxyl groups excluding tert-OH is 1. The average Bonchev–Trinajstić information content (AvgIpc) is 2.79. The second-order valence-electron chi connectivity index (χ2n) is 7.36. The highest BCUT2D eigenvalue weighted by Gasteiger charge is 2.31. The molecule has 1 heterocycles. The highest BCUT2D eigenvalue weighted by Crippen LogP contribution is 2.29. The molecule has 0 aliphatic rings. The smallest absolute Gasteiger partial charge is 0.378 e. The molecule has 2 aromatic carbocycles. The van der Waals surface area contributed by atoms with Gasteiger partial charge in [-0.1, -0.05) is 30.7 Å². The molecule has 0 aliphatic heterocycles. The molecule has 4 nitrogen and oxygen atoms in total. The van der Waals surface area contributed by atoms with Gasteiger partial charge in [0.15, 0.2) is 6.10 Å². The van der Waals surface area contributed by atoms with Gasteiger partial charge in [-0.05, 0) is 60.0 Å². The normalized spacial score (nSPS) is 12.5. The van der Waals surface area contributed by atoms with Crippen molar-refractivity contribution in [3.8, 4) is 0 Å². The molecular formula is C24H21ClF4N2O2. The Morgan fingerprint density at radius 3 is 2.39 bits per heavy atom. The van der Waals surface area contributed by atoms with Gasteiger partial charge in [-0.2, -0.15) is 13.2 Å². The van der Waals surface area contributed by atoms with E-state index in [-0.39, 0.29) is 18.5 Å². The zero-order valence-electron chi connectivity index (χ0n) is 17.6. The van der Waals surface area contributed by atoms with E-state index in [2.05, 4.69) is 4.98 Å². The molecule has 1 aromatic heterocycles. The number of aryl methyl sites for hydroxylation is 1. The molecule has 0 radical (unpaired) electrons. The minimum atomic E-state index is -4.49. The standard InChI is InChI=1S/C24H21ClF4N2O2/c1-2-15-13-20(9-10-21(15)25)31(23(33)22(32)16-3-6-18(26)7-4-16)12-11-19-8-5-17(14-30-19)24(27,28)29/h3-10,13-14,22,32H,2,11-12H2,1H3/t22-/m0/s1. The number of aromatic nitrogens is 1. The summed E-state index contributed by atoms with van der Waals surface area (Å²) in [6, 6.07) is 12.1. The van der Waals surface area contributed by atoms with Crippen LogP contribution >= 0.6 is 11.6 Å². The van der Waals surface area contributed by atoms with Gasteiger partial charge in [0.05, 0.1) is 5.56 Å². The number of halogens is 5. The lowest BCUT2D eigenvalue weighted by Gasteiger charge is -2.26. The van der Waals surface area contributed by atoms with E-state index in [1.165, 1.54) is 23.1 Å². The zero-order chi connectivity index (χ0) is 24.2. The van der Waals surface area contributed by atoms with E-state index < -0.39 is 29.6 Å². The van der Waals surface area contributed by atoms with E-state index in [4.69, 9.17) is 11.6 Å². The van der Waals surface area contributed by atoms with Crippen LogP contribution in [0, 0.1) is 5.82 Å². The number of benzene rings is 2.